The van der Waals surface area contributed by atoms with Crippen molar-refractivity contribution in [2.24, 2.45) is 5.92 Å². The van der Waals surface area contributed by atoms with Gasteiger partial charge in [-0.15, -0.1) is 0 Å². The lowest BCUT2D eigenvalue weighted by Crippen LogP contribution is -2.46. The van der Waals surface area contributed by atoms with E-state index in [4.69, 9.17) is 11.6 Å². The largest absolute Gasteiger partial charge is 0.334 e. The van der Waals surface area contributed by atoms with E-state index in [1.807, 2.05) is 19.9 Å². The van der Waals surface area contributed by atoms with Gasteiger partial charge in [0, 0.05) is 6.04 Å². The SMILES string of the molecule is Cc1cc(C)c(NC(=O)CN2C(=O)C(=O)N([C@@H]3CCCC[C@H]3C)C2=O)c(Cl)c1. The summed E-state index contributed by atoms with van der Waals surface area (Å²) >= 11 is 6.19. The zero-order valence-corrected chi connectivity index (χ0v) is 17.0. The fourth-order valence-corrected chi connectivity index (χ4v) is 4.40. The maximum Gasteiger partial charge on any atom is 0.334 e. The molecule has 1 saturated heterocycles. The molecule has 1 aliphatic heterocycles. The van der Waals surface area contributed by atoms with Gasteiger partial charge >= 0.3 is 17.8 Å². The predicted molar refractivity (Wildman–Crippen MR) is 105 cm³/mol. The molecule has 28 heavy (non-hydrogen) atoms. The first-order valence-corrected chi connectivity index (χ1v) is 9.84. The number of imide groups is 2. The standard InChI is InChI=1S/C20H24ClN3O4/c1-11-8-13(3)17(14(21)9-11)22-16(25)10-23-18(26)19(27)24(20(23)28)15-7-5-4-6-12(15)2/h8-9,12,15H,4-7,10H2,1-3H3,(H,22,25)/t12-,15-/m1/s1. The Morgan fingerprint density at radius 2 is 1.82 bits per heavy atom. The maximum absolute atomic E-state index is 12.7. The summed E-state index contributed by atoms with van der Waals surface area (Å²) in [4.78, 5) is 51.7. The van der Waals surface area contributed by atoms with Crippen LogP contribution in [0.15, 0.2) is 12.1 Å². The van der Waals surface area contributed by atoms with Crippen molar-refractivity contribution in [3.8, 4) is 0 Å². The van der Waals surface area contributed by atoms with Gasteiger partial charge in [-0.25, -0.2) is 9.69 Å². The number of amides is 5. The molecule has 1 aliphatic carbocycles. The molecule has 1 N–H and O–H groups in total. The molecule has 1 heterocycles. The van der Waals surface area contributed by atoms with Gasteiger partial charge in [0.25, 0.3) is 0 Å². The molecule has 2 atom stereocenters. The van der Waals surface area contributed by atoms with Crippen molar-refractivity contribution in [2.45, 2.75) is 52.5 Å². The van der Waals surface area contributed by atoms with E-state index in [0.29, 0.717) is 17.1 Å². The van der Waals surface area contributed by atoms with Crippen LogP contribution in [0.3, 0.4) is 0 Å². The van der Waals surface area contributed by atoms with Crippen molar-refractivity contribution in [2.75, 3.05) is 11.9 Å². The minimum absolute atomic E-state index is 0.136. The molecule has 5 amide bonds. The Hall–Kier alpha value is -2.41. The molecule has 0 bridgehead atoms. The second-order valence-electron chi connectivity index (χ2n) is 7.66. The van der Waals surface area contributed by atoms with Crippen molar-refractivity contribution >= 4 is 41.0 Å². The number of rotatable bonds is 4. The molecule has 0 aromatic heterocycles. The van der Waals surface area contributed by atoms with Crippen LogP contribution in [0.4, 0.5) is 10.5 Å². The molecule has 0 unspecified atom stereocenters. The molecule has 0 radical (unpaired) electrons. The lowest BCUT2D eigenvalue weighted by molar-refractivity contribution is -0.145. The summed E-state index contributed by atoms with van der Waals surface area (Å²) in [6.07, 6.45) is 3.54. The predicted octanol–water partition coefficient (Wildman–Crippen LogP) is 3.26. The highest BCUT2D eigenvalue weighted by Gasteiger charge is 2.49. The molecule has 1 saturated carbocycles. The van der Waals surface area contributed by atoms with Crippen molar-refractivity contribution < 1.29 is 19.2 Å². The van der Waals surface area contributed by atoms with Crippen molar-refractivity contribution in [3.05, 3.63) is 28.3 Å². The van der Waals surface area contributed by atoms with Gasteiger partial charge in [0.2, 0.25) is 5.91 Å². The quantitative estimate of drug-likeness (QED) is 0.615. The molecule has 150 valence electrons. The van der Waals surface area contributed by atoms with E-state index in [1.54, 1.807) is 13.0 Å². The van der Waals surface area contributed by atoms with Gasteiger partial charge in [-0.05, 0) is 49.8 Å². The topological polar surface area (TPSA) is 86.8 Å². The maximum atomic E-state index is 12.7. The first-order valence-electron chi connectivity index (χ1n) is 9.46. The Morgan fingerprint density at radius 1 is 1.14 bits per heavy atom. The summed E-state index contributed by atoms with van der Waals surface area (Å²) < 4.78 is 0. The molecule has 7 nitrogen and oxygen atoms in total. The number of benzene rings is 1. The van der Waals surface area contributed by atoms with Gasteiger partial charge in [0.15, 0.2) is 0 Å². The number of hydrogen-bond acceptors (Lipinski definition) is 4. The van der Waals surface area contributed by atoms with Crippen LogP contribution in [0.1, 0.15) is 43.7 Å². The minimum Gasteiger partial charge on any atom is -0.323 e. The molecular formula is C20H24ClN3O4. The first-order chi connectivity index (χ1) is 13.2. The van der Waals surface area contributed by atoms with Crippen LogP contribution in [0, 0.1) is 19.8 Å². The highest BCUT2D eigenvalue weighted by Crippen LogP contribution is 2.31. The molecular weight excluding hydrogens is 382 g/mol. The molecule has 3 rings (SSSR count). The Balaban J connectivity index is 1.73. The number of carbonyl (C=O) groups excluding carboxylic acids is 4. The fourth-order valence-electron chi connectivity index (χ4n) is 4.03. The van der Waals surface area contributed by atoms with E-state index in [0.717, 1.165) is 40.2 Å². The minimum atomic E-state index is -0.954. The molecule has 0 spiro atoms. The van der Waals surface area contributed by atoms with Gasteiger partial charge < -0.3 is 5.32 Å². The average molecular weight is 406 g/mol. The number of nitrogens with zero attached hydrogens (tertiary/aromatic N) is 2. The summed E-state index contributed by atoms with van der Waals surface area (Å²) in [5.41, 5.74) is 2.15. The molecule has 1 aromatic carbocycles. The summed E-state index contributed by atoms with van der Waals surface area (Å²) in [6, 6.07) is 2.57. The third-order valence-corrected chi connectivity index (χ3v) is 5.78. The van der Waals surface area contributed by atoms with Crippen LogP contribution in [0.2, 0.25) is 5.02 Å². The van der Waals surface area contributed by atoms with E-state index in [9.17, 15) is 19.2 Å². The number of halogens is 1. The Labute approximate surface area is 169 Å². The van der Waals surface area contributed by atoms with E-state index in [1.165, 1.54) is 0 Å². The Kier molecular flexibility index (Phi) is 5.74. The third kappa shape index (κ3) is 3.76. The van der Waals surface area contributed by atoms with E-state index in [-0.39, 0.29) is 12.0 Å². The summed E-state index contributed by atoms with van der Waals surface area (Å²) in [7, 11) is 0. The zero-order valence-electron chi connectivity index (χ0n) is 16.3. The van der Waals surface area contributed by atoms with Gasteiger partial charge in [0.1, 0.15) is 6.54 Å². The van der Waals surface area contributed by atoms with Crippen LogP contribution < -0.4 is 5.32 Å². The second-order valence-corrected chi connectivity index (χ2v) is 8.07. The van der Waals surface area contributed by atoms with Crippen LogP contribution in [0.25, 0.3) is 0 Å². The number of carbonyl (C=O) groups is 4. The fraction of sp³-hybridized carbons (Fsp3) is 0.500. The van der Waals surface area contributed by atoms with Crippen LogP contribution >= 0.6 is 11.6 Å². The number of anilines is 1. The van der Waals surface area contributed by atoms with Crippen LogP contribution in [-0.2, 0) is 14.4 Å². The van der Waals surface area contributed by atoms with Crippen molar-refractivity contribution in [1.82, 2.24) is 9.80 Å². The lowest BCUT2D eigenvalue weighted by atomic mass is 9.85. The average Bonchev–Trinajstić information content (AvgIpc) is 2.82. The van der Waals surface area contributed by atoms with Gasteiger partial charge in [0.05, 0.1) is 10.7 Å². The van der Waals surface area contributed by atoms with Gasteiger partial charge in [-0.1, -0.05) is 37.4 Å². The smallest absolute Gasteiger partial charge is 0.323 e. The second kappa shape index (κ2) is 7.91. The first kappa shape index (κ1) is 20.3. The molecule has 1 aromatic rings. The molecule has 2 aliphatic rings. The van der Waals surface area contributed by atoms with Crippen molar-refractivity contribution in [1.29, 1.82) is 0 Å². The van der Waals surface area contributed by atoms with E-state index in [2.05, 4.69) is 5.32 Å². The Bertz CT molecular complexity index is 831. The number of aryl methyl sites for hydroxylation is 2. The van der Waals surface area contributed by atoms with Crippen molar-refractivity contribution in [3.63, 3.8) is 0 Å². The normalized spacial score (nSPS) is 22.8. The summed E-state index contributed by atoms with van der Waals surface area (Å²) in [5.74, 6) is -2.25. The number of hydrogen-bond donors (Lipinski definition) is 1. The van der Waals surface area contributed by atoms with E-state index < -0.39 is 30.3 Å². The third-order valence-electron chi connectivity index (χ3n) is 5.48. The van der Waals surface area contributed by atoms with Crippen LogP contribution in [-0.4, -0.2) is 46.1 Å². The van der Waals surface area contributed by atoms with E-state index >= 15 is 0 Å². The van der Waals surface area contributed by atoms with Gasteiger partial charge in [-0.2, -0.15) is 0 Å². The molecule has 8 heteroatoms. The van der Waals surface area contributed by atoms with Gasteiger partial charge in [-0.3, -0.25) is 19.3 Å². The van der Waals surface area contributed by atoms with Crippen LogP contribution in [0.5, 0.6) is 0 Å². The summed E-state index contributed by atoms with van der Waals surface area (Å²) in [6.45, 7) is 5.14. The molecule has 2 fully saturated rings. The monoisotopic (exact) mass is 405 g/mol. The summed E-state index contributed by atoms with van der Waals surface area (Å²) in [5, 5.41) is 3.02. The lowest BCUT2D eigenvalue weighted by Gasteiger charge is -2.34. The number of urea groups is 1. The zero-order chi connectivity index (χ0) is 20.6. The highest BCUT2D eigenvalue weighted by atomic mass is 35.5. The Morgan fingerprint density at radius 3 is 2.46 bits per heavy atom. The highest BCUT2D eigenvalue weighted by molar-refractivity contribution is 6.45. The number of nitrogens with one attached hydrogen (secondary N) is 1.